The summed E-state index contributed by atoms with van der Waals surface area (Å²) in [5.74, 6) is 0.690. The van der Waals surface area contributed by atoms with E-state index in [2.05, 4.69) is 20.8 Å². The highest BCUT2D eigenvalue weighted by atomic mass is 79.9. The van der Waals surface area contributed by atoms with Crippen molar-refractivity contribution in [2.45, 2.75) is 12.8 Å². The number of benzene rings is 1. The van der Waals surface area contributed by atoms with Crippen molar-refractivity contribution in [3.05, 3.63) is 22.2 Å². The van der Waals surface area contributed by atoms with Crippen LogP contribution < -0.4 is 4.74 Å². The van der Waals surface area contributed by atoms with Gasteiger partial charge in [0.25, 0.3) is 0 Å². The predicted octanol–water partition coefficient (Wildman–Crippen LogP) is 2.43. The number of aromatic hydroxyl groups is 1. The number of nitrogens with zero attached hydrogens (tertiary/aromatic N) is 1. The third kappa shape index (κ3) is 4.09. The number of rotatable bonds is 5. The van der Waals surface area contributed by atoms with Crippen molar-refractivity contribution >= 4 is 15.9 Å². The molecule has 0 aromatic heterocycles. The number of methoxy groups -OCH3 is 1. The van der Waals surface area contributed by atoms with Gasteiger partial charge < -0.3 is 14.6 Å². The molecule has 4 nitrogen and oxygen atoms in total. The predicted molar refractivity (Wildman–Crippen MR) is 77.9 cm³/mol. The molecule has 19 heavy (non-hydrogen) atoms. The molecule has 0 aliphatic carbocycles. The quantitative estimate of drug-likeness (QED) is 0.900. The Morgan fingerprint density at radius 1 is 1.37 bits per heavy atom. The molecule has 106 valence electrons. The average Bonchev–Trinajstić information content (AvgIpc) is 2.43. The van der Waals surface area contributed by atoms with Crippen LogP contribution in [0.4, 0.5) is 0 Å². The van der Waals surface area contributed by atoms with Crippen molar-refractivity contribution in [1.29, 1.82) is 0 Å². The maximum atomic E-state index is 9.76. The minimum Gasteiger partial charge on any atom is -0.503 e. The number of hydrogen-bond acceptors (Lipinski definition) is 4. The lowest BCUT2D eigenvalue weighted by atomic mass is 10.1. The van der Waals surface area contributed by atoms with Crippen LogP contribution in [0.15, 0.2) is 16.6 Å². The van der Waals surface area contributed by atoms with Crippen molar-refractivity contribution in [2.24, 2.45) is 0 Å². The number of phenols is 1. The fourth-order valence-corrected chi connectivity index (χ4v) is 2.75. The standard InChI is InChI=1S/C14H20BrNO3/c1-18-13-10-11(9-12(15)14(13)17)3-2-4-16-5-7-19-8-6-16/h9-10,17H,2-8H2,1H3. The molecule has 0 saturated carbocycles. The first-order chi connectivity index (χ1) is 9.20. The van der Waals surface area contributed by atoms with Crippen molar-refractivity contribution in [1.82, 2.24) is 4.90 Å². The molecule has 0 bridgehead atoms. The Morgan fingerprint density at radius 3 is 2.79 bits per heavy atom. The molecule has 0 spiro atoms. The first kappa shape index (κ1) is 14.6. The molecular weight excluding hydrogens is 310 g/mol. The van der Waals surface area contributed by atoms with E-state index < -0.39 is 0 Å². The zero-order chi connectivity index (χ0) is 13.7. The van der Waals surface area contributed by atoms with Gasteiger partial charge in [0.1, 0.15) is 0 Å². The van der Waals surface area contributed by atoms with Gasteiger partial charge in [0, 0.05) is 13.1 Å². The highest BCUT2D eigenvalue weighted by Gasteiger charge is 2.11. The number of halogens is 1. The van der Waals surface area contributed by atoms with Crippen LogP contribution >= 0.6 is 15.9 Å². The first-order valence-electron chi connectivity index (χ1n) is 6.56. The van der Waals surface area contributed by atoms with Gasteiger partial charge in [-0.15, -0.1) is 0 Å². The third-order valence-corrected chi connectivity index (χ3v) is 3.96. The first-order valence-corrected chi connectivity index (χ1v) is 7.35. The van der Waals surface area contributed by atoms with Gasteiger partial charge in [-0.3, -0.25) is 4.90 Å². The number of morpholine rings is 1. The average molecular weight is 330 g/mol. The topological polar surface area (TPSA) is 41.9 Å². The Morgan fingerprint density at radius 2 is 2.11 bits per heavy atom. The summed E-state index contributed by atoms with van der Waals surface area (Å²) in [5, 5.41) is 9.76. The molecule has 1 aliphatic heterocycles. The Bertz CT molecular complexity index is 419. The van der Waals surface area contributed by atoms with Gasteiger partial charge in [-0.2, -0.15) is 0 Å². The van der Waals surface area contributed by atoms with Gasteiger partial charge in [-0.25, -0.2) is 0 Å². The lowest BCUT2D eigenvalue weighted by Crippen LogP contribution is -2.36. The lowest BCUT2D eigenvalue weighted by Gasteiger charge is -2.26. The van der Waals surface area contributed by atoms with Crippen molar-refractivity contribution in [3.8, 4) is 11.5 Å². The third-order valence-electron chi connectivity index (χ3n) is 3.35. The molecule has 1 N–H and O–H groups in total. The van der Waals surface area contributed by atoms with E-state index in [0.29, 0.717) is 10.2 Å². The number of hydrogen-bond donors (Lipinski definition) is 1. The molecule has 1 aromatic rings. The lowest BCUT2D eigenvalue weighted by molar-refractivity contribution is 0.0374. The monoisotopic (exact) mass is 329 g/mol. The van der Waals surface area contributed by atoms with E-state index in [1.807, 2.05) is 12.1 Å². The Labute approximate surface area is 122 Å². The maximum Gasteiger partial charge on any atom is 0.172 e. The van der Waals surface area contributed by atoms with Crippen LogP contribution in [0.5, 0.6) is 11.5 Å². The fraction of sp³-hybridized carbons (Fsp3) is 0.571. The molecule has 1 saturated heterocycles. The SMILES string of the molecule is COc1cc(CCCN2CCOCC2)cc(Br)c1O. The Kier molecular flexibility index (Phi) is 5.48. The maximum absolute atomic E-state index is 9.76. The minimum atomic E-state index is 0.166. The van der Waals surface area contributed by atoms with E-state index in [9.17, 15) is 5.11 Å². The van der Waals surface area contributed by atoms with Crippen LogP contribution in [0.25, 0.3) is 0 Å². The van der Waals surface area contributed by atoms with Crippen LogP contribution in [0.2, 0.25) is 0 Å². The molecule has 0 unspecified atom stereocenters. The zero-order valence-corrected chi connectivity index (χ0v) is 12.8. The zero-order valence-electron chi connectivity index (χ0n) is 11.2. The summed E-state index contributed by atoms with van der Waals surface area (Å²) in [6.45, 7) is 4.84. The van der Waals surface area contributed by atoms with Gasteiger partial charge in [-0.05, 0) is 53.0 Å². The van der Waals surface area contributed by atoms with E-state index in [1.165, 1.54) is 5.56 Å². The number of phenolic OH excluding ortho intramolecular Hbond substituents is 1. The van der Waals surface area contributed by atoms with Crippen molar-refractivity contribution in [2.75, 3.05) is 40.0 Å². The summed E-state index contributed by atoms with van der Waals surface area (Å²) < 4.78 is 11.2. The molecule has 1 fully saturated rings. The van der Waals surface area contributed by atoms with E-state index in [-0.39, 0.29) is 5.75 Å². The summed E-state index contributed by atoms with van der Waals surface area (Å²) in [7, 11) is 1.57. The van der Waals surface area contributed by atoms with Crippen molar-refractivity contribution < 1.29 is 14.6 Å². The van der Waals surface area contributed by atoms with Gasteiger partial charge in [0.15, 0.2) is 11.5 Å². The molecular formula is C14H20BrNO3. The summed E-state index contributed by atoms with van der Waals surface area (Å²) in [6.07, 6.45) is 2.08. The van der Waals surface area contributed by atoms with Gasteiger partial charge >= 0.3 is 0 Å². The molecule has 1 aromatic carbocycles. The molecule has 0 atom stereocenters. The van der Waals surface area contributed by atoms with Gasteiger partial charge in [-0.1, -0.05) is 0 Å². The second-order valence-electron chi connectivity index (χ2n) is 4.69. The second-order valence-corrected chi connectivity index (χ2v) is 5.54. The minimum absolute atomic E-state index is 0.166. The summed E-state index contributed by atoms with van der Waals surface area (Å²) in [4.78, 5) is 2.43. The van der Waals surface area contributed by atoms with Gasteiger partial charge in [0.05, 0.1) is 24.8 Å². The Hall–Kier alpha value is -0.780. The number of ether oxygens (including phenoxy) is 2. The van der Waals surface area contributed by atoms with E-state index >= 15 is 0 Å². The highest BCUT2D eigenvalue weighted by molar-refractivity contribution is 9.10. The highest BCUT2D eigenvalue weighted by Crippen LogP contribution is 2.35. The molecule has 5 heteroatoms. The van der Waals surface area contributed by atoms with Crippen LogP contribution in [0, 0.1) is 0 Å². The largest absolute Gasteiger partial charge is 0.503 e. The van der Waals surface area contributed by atoms with E-state index in [0.717, 1.165) is 45.7 Å². The van der Waals surface area contributed by atoms with Crippen LogP contribution in [-0.2, 0) is 11.2 Å². The summed E-state index contributed by atoms with van der Waals surface area (Å²) in [5.41, 5.74) is 1.18. The van der Waals surface area contributed by atoms with Gasteiger partial charge in [0.2, 0.25) is 0 Å². The summed E-state index contributed by atoms with van der Waals surface area (Å²) in [6, 6.07) is 3.86. The van der Waals surface area contributed by atoms with Crippen LogP contribution in [-0.4, -0.2) is 50.0 Å². The molecule has 1 heterocycles. The fourth-order valence-electron chi connectivity index (χ4n) is 2.26. The molecule has 1 aliphatic rings. The summed E-state index contributed by atoms with van der Waals surface area (Å²) >= 11 is 3.35. The second kappa shape index (κ2) is 7.12. The molecule has 2 rings (SSSR count). The number of aryl methyl sites for hydroxylation is 1. The Balaban J connectivity index is 1.86. The van der Waals surface area contributed by atoms with Crippen LogP contribution in [0.1, 0.15) is 12.0 Å². The normalized spacial score (nSPS) is 16.5. The van der Waals surface area contributed by atoms with E-state index in [1.54, 1.807) is 7.11 Å². The smallest absolute Gasteiger partial charge is 0.172 e. The molecule has 0 radical (unpaired) electrons. The van der Waals surface area contributed by atoms with E-state index in [4.69, 9.17) is 9.47 Å². The molecule has 0 amide bonds. The van der Waals surface area contributed by atoms with Crippen molar-refractivity contribution in [3.63, 3.8) is 0 Å². The van der Waals surface area contributed by atoms with Crippen LogP contribution in [0.3, 0.4) is 0 Å².